The van der Waals surface area contributed by atoms with Crippen molar-refractivity contribution in [1.82, 2.24) is 0 Å². The Morgan fingerprint density at radius 2 is 2.00 bits per heavy atom. The number of aliphatic carboxylic acids is 1. The van der Waals surface area contributed by atoms with E-state index in [4.69, 9.17) is 4.74 Å². The number of para-hydroxylation sites is 2. The number of nitrogens with one attached hydrogen (secondary N) is 1. The number of hydrogen-bond acceptors (Lipinski definition) is 3. The van der Waals surface area contributed by atoms with Gasteiger partial charge in [0.15, 0.2) is 0 Å². The van der Waals surface area contributed by atoms with Gasteiger partial charge in [-0.15, -0.1) is 6.58 Å². The number of carboxylic acid groups (broad SMARTS) is 1. The summed E-state index contributed by atoms with van der Waals surface area (Å²) in [6.45, 7) is 6.27. The van der Waals surface area contributed by atoms with Crippen molar-refractivity contribution in [1.29, 1.82) is 0 Å². The van der Waals surface area contributed by atoms with E-state index in [1.54, 1.807) is 18.2 Å². The maximum absolute atomic E-state index is 12.4. The molecule has 25 heavy (non-hydrogen) atoms. The topological polar surface area (TPSA) is 75.6 Å². The van der Waals surface area contributed by atoms with Crippen LogP contribution in [0.2, 0.25) is 0 Å². The smallest absolute Gasteiger partial charge is 0.316 e. The molecule has 0 spiro atoms. The van der Waals surface area contributed by atoms with Gasteiger partial charge in [0.1, 0.15) is 11.7 Å². The third-order valence-electron chi connectivity index (χ3n) is 3.92. The maximum atomic E-state index is 12.4. The first kappa shape index (κ1) is 20.7. The number of carbonyl (C=O) groups excluding carboxylic acids is 1. The summed E-state index contributed by atoms with van der Waals surface area (Å²) in [4.78, 5) is 23.7. The molecule has 1 aromatic carbocycles. The van der Waals surface area contributed by atoms with Crippen LogP contribution in [-0.2, 0) is 9.59 Å². The first-order valence-electron chi connectivity index (χ1n) is 8.96. The van der Waals surface area contributed by atoms with Crippen LogP contribution in [0.5, 0.6) is 5.75 Å². The summed E-state index contributed by atoms with van der Waals surface area (Å²) in [7, 11) is 0. The van der Waals surface area contributed by atoms with Crippen LogP contribution >= 0.6 is 0 Å². The van der Waals surface area contributed by atoms with Gasteiger partial charge in [-0.3, -0.25) is 9.59 Å². The Kier molecular flexibility index (Phi) is 10.1. The van der Waals surface area contributed by atoms with Crippen molar-refractivity contribution in [3.8, 4) is 5.75 Å². The predicted octanol–water partition coefficient (Wildman–Crippen LogP) is 4.64. The number of benzene rings is 1. The normalized spacial score (nSPS) is 11.6. The van der Waals surface area contributed by atoms with E-state index in [-0.39, 0.29) is 0 Å². The van der Waals surface area contributed by atoms with Crippen LogP contribution in [0.1, 0.15) is 51.9 Å². The number of amides is 1. The highest BCUT2D eigenvalue weighted by Gasteiger charge is 2.26. The third kappa shape index (κ3) is 7.88. The van der Waals surface area contributed by atoms with E-state index in [2.05, 4.69) is 11.9 Å². The Morgan fingerprint density at radius 1 is 1.24 bits per heavy atom. The van der Waals surface area contributed by atoms with E-state index in [0.717, 1.165) is 38.5 Å². The molecule has 138 valence electrons. The highest BCUT2D eigenvalue weighted by Crippen LogP contribution is 2.25. The molecule has 0 aliphatic heterocycles. The zero-order valence-electron chi connectivity index (χ0n) is 15.0. The Balaban J connectivity index is 2.65. The van der Waals surface area contributed by atoms with Crippen LogP contribution in [0.15, 0.2) is 36.9 Å². The SMILES string of the molecule is C=CCCCCOc1ccccc1NC(=O)C(CCCCC)C(=O)O. The van der Waals surface area contributed by atoms with Gasteiger partial charge in [0.2, 0.25) is 5.91 Å². The van der Waals surface area contributed by atoms with Crippen LogP contribution < -0.4 is 10.1 Å². The van der Waals surface area contributed by atoms with E-state index in [0.29, 0.717) is 24.5 Å². The van der Waals surface area contributed by atoms with Crippen molar-refractivity contribution in [2.75, 3.05) is 11.9 Å². The van der Waals surface area contributed by atoms with Crippen molar-refractivity contribution in [3.05, 3.63) is 36.9 Å². The average Bonchev–Trinajstić information content (AvgIpc) is 2.59. The molecular weight excluding hydrogens is 318 g/mol. The molecule has 5 heteroatoms. The number of anilines is 1. The highest BCUT2D eigenvalue weighted by atomic mass is 16.5. The van der Waals surface area contributed by atoms with Crippen molar-refractivity contribution in [2.45, 2.75) is 51.9 Å². The lowest BCUT2D eigenvalue weighted by Gasteiger charge is -2.15. The van der Waals surface area contributed by atoms with Crippen molar-refractivity contribution < 1.29 is 19.4 Å². The fraction of sp³-hybridized carbons (Fsp3) is 0.500. The molecule has 0 saturated carbocycles. The summed E-state index contributed by atoms with van der Waals surface area (Å²) < 4.78 is 5.73. The van der Waals surface area contributed by atoms with Gasteiger partial charge in [-0.1, -0.05) is 44.4 Å². The maximum Gasteiger partial charge on any atom is 0.316 e. The fourth-order valence-corrected chi connectivity index (χ4v) is 2.45. The monoisotopic (exact) mass is 347 g/mol. The predicted molar refractivity (Wildman–Crippen MR) is 99.9 cm³/mol. The van der Waals surface area contributed by atoms with E-state index >= 15 is 0 Å². The van der Waals surface area contributed by atoms with Gasteiger partial charge in [-0.05, 0) is 37.8 Å². The van der Waals surface area contributed by atoms with Gasteiger partial charge in [0.05, 0.1) is 12.3 Å². The number of allylic oxidation sites excluding steroid dienone is 1. The molecule has 1 atom stereocenters. The number of carboxylic acids is 1. The minimum atomic E-state index is -1.09. The highest BCUT2D eigenvalue weighted by molar-refractivity contribution is 6.04. The molecule has 0 aliphatic rings. The van der Waals surface area contributed by atoms with Gasteiger partial charge in [-0.25, -0.2) is 0 Å². The van der Waals surface area contributed by atoms with Gasteiger partial charge in [-0.2, -0.15) is 0 Å². The lowest BCUT2D eigenvalue weighted by Crippen LogP contribution is -2.29. The lowest BCUT2D eigenvalue weighted by atomic mass is 10.0. The van der Waals surface area contributed by atoms with Gasteiger partial charge < -0.3 is 15.2 Å². The quantitative estimate of drug-likeness (QED) is 0.310. The van der Waals surface area contributed by atoms with Crippen LogP contribution in [0.25, 0.3) is 0 Å². The van der Waals surface area contributed by atoms with Crippen LogP contribution in [0.3, 0.4) is 0 Å². The molecule has 0 aliphatic carbocycles. The summed E-state index contributed by atoms with van der Waals surface area (Å²) in [5.74, 6) is -2.05. The number of hydrogen-bond donors (Lipinski definition) is 2. The Morgan fingerprint density at radius 3 is 2.68 bits per heavy atom. The first-order valence-corrected chi connectivity index (χ1v) is 8.96. The largest absolute Gasteiger partial charge is 0.491 e. The molecule has 1 rings (SSSR count). The summed E-state index contributed by atoms with van der Waals surface area (Å²) in [5.41, 5.74) is 0.512. The second-order valence-corrected chi connectivity index (χ2v) is 6.00. The Bertz CT molecular complexity index is 556. The molecule has 1 amide bonds. The molecular formula is C20H29NO4. The molecule has 0 fully saturated rings. The van der Waals surface area contributed by atoms with Gasteiger partial charge in [0, 0.05) is 0 Å². The minimum absolute atomic E-state index is 0.347. The molecule has 0 saturated heterocycles. The molecule has 1 unspecified atom stereocenters. The third-order valence-corrected chi connectivity index (χ3v) is 3.92. The molecule has 0 aromatic heterocycles. The van der Waals surface area contributed by atoms with Crippen molar-refractivity contribution in [2.24, 2.45) is 5.92 Å². The number of ether oxygens (including phenoxy) is 1. The van der Waals surface area contributed by atoms with Crippen LogP contribution in [0, 0.1) is 5.92 Å². The minimum Gasteiger partial charge on any atom is -0.491 e. The molecule has 2 N–H and O–H groups in total. The number of rotatable bonds is 13. The standard InChI is InChI=1S/C20H29NO4/c1-3-5-7-11-15-25-18-14-10-9-13-17(18)21-19(22)16(20(23)24)12-8-6-4-2/h3,9-10,13-14,16H,1,4-8,11-12,15H2,2H3,(H,21,22)(H,23,24). The van der Waals surface area contributed by atoms with Crippen molar-refractivity contribution >= 4 is 17.6 Å². The molecule has 0 heterocycles. The molecule has 0 radical (unpaired) electrons. The molecule has 5 nitrogen and oxygen atoms in total. The zero-order valence-corrected chi connectivity index (χ0v) is 15.0. The Hall–Kier alpha value is -2.30. The number of carbonyl (C=O) groups is 2. The van der Waals surface area contributed by atoms with E-state index < -0.39 is 17.8 Å². The van der Waals surface area contributed by atoms with E-state index in [9.17, 15) is 14.7 Å². The fourth-order valence-electron chi connectivity index (χ4n) is 2.45. The number of unbranched alkanes of at least 4 members (excludes halogenated alkanes) is 4. The molecule has 1 aromatic rings. The van der Waals surface area contributed by atoms with Gasteiger partial charge >= 0.3 is 5.97 Å². The second kappa shape index (κ2) is 12.1. The Labute approximate surface area is 150 Å². The van der Waals surface area contributed by atoms with E-state index in [1.807, 2.05) is 19.1 Å². The second-order valence-electron chi connectivity index (χ2n) is 6.00. The van der Waals surface area contributed by atoms with Crippen LogP contribution in [-0.4, -0.2) is 23.6 Å². The average molecular weight is 347 g/mol. The van der Waals surface area contributed by atoms with Crippen molar-refractivity contribution in [3.63, 3.8) is 0 Å². The summed E-state index contributed by atoms with van der Waals surface area (Å²) >= 11 is 0. The summed E-state index contributed by atoms with van der Waals surface area (Å²) in [6.07, 6.45) is 7.68. The van der Waals surface area contributed by atoms with E-state index in [1.165, 1.54) is 0 Å². The lowest BCUT2D eigenvalue weighted by molar-refractivity contribution is -0.145. The first-order chi connectivity index (χ1) is 12.1. The zero-order chi connectivity index (χ0) is 18.5. The van der Waals surface area contributed by atoms with Gasteiger partial charge in [0.25, 0.3) is 0 Å². The van der Waals surface area contributed by atoms with Crippen LogP contribution in [0.4, 0.5) is 5.69 Å². The molecule has 0 bridgehead atoms. The summed E-state index contributed by atoms with van der Waals surface area (Å²) in [6, 6.07) is 7.11. The summed E-state index contributed by atoms with van der Waals surface area (Å²) in [5, 5.41) is 12.0.